The third-order valence-electron chi connectivity index (χ3n) is 4.02. The number of hydrogen-bond acceptors (Lipinski definition) is 5. The Kier molecular flexibility index (Phi) is 4.52. The van der Waals surface area contributed by atoms with Crippen LogP contribution in [0.4, 0.5) is 5.69 Å². The third kappa shape index (κ3) is 3.48. The second kappa shape index (κ2) is 6.75. The zero-order chi connectivity index (χ0) is 16.2. The van der Waals surface area contributed by atoms with Gasteiger partial charge in [0, 0.05) is 24.3 Å². The molecule has 0 aliphatic carbocycles. The maximum atomic E-state index is 12.4. The number of carbonyl (C=O) groups is 1. The molecule has 0 saturated carbocycles. The zero-order valence-electron chi connectivity index (χ0n) is 13.3. The van der Waals surface area contributed by atoms with Crippen LogP contribution in [0.25, 0.3) is 0 Å². The van der Waals surface area contributed by atoms with Crippen LogP contribution in [0.2, 0.25) is 0 Å². The predicted octanol–water partition coefficient (Wildman–Crippen LogP) is 2.12. The second-order valence-corrected chi connectivity index (χ2v) is 5.60. The summed E-state index contributed by atoms with van der Waals surface area (Å²) in [5, 5.41) is 6.15. The molecule has 2 heterocycles. The highest BCUT2D eigenvalue weighted by atomic mass is 16.5. The number of benzene rings is 1. The van der Waals surface area contributed by atoms with Gasteiger partial charge in [0.1, 0.15) is 11.6 Å². The van der Waals surface area contributed by atoms with E-state index in [0.29, 0.717) is 22.9 Å². The average molecular weight is 312 g/mol. The van der Waals surface area contributed by atoms with Crippen molar-refractivity contribution in [3.63, 3.8) is 0 Å². The molecule has 1 atom stereocenters. The number of carbonyl (C=O) groups excluding carboxylic acids is 1. The van der Waals surface area contributed by atoms with Gasteiger partial charge in [-0.25, -0.2) is 9.97 Å². The molecule has 1 saturated heterocycles. The SMILES string of the molecule is COc1ccc(NC(=O)c2cnc([C@H]3CCNC3)nc2C)cc1. The first-order valence-corrected chi connectivity index (χ1v) is 7.67. The maximum Gasteiger partial charge on any atom is 0.259 e. The summed E-state index contributed by atoms with van der Waals surface area (Å²) in [6.45, 7) is 3.74. The number of hydrogen-bond donors (Lipinski definition) is 2. The third-order valence-corrected chi connectivity index (χ3v) is 4.02. The molecule has 2 N–H and O–H groups in total. The lowest BCUT2D eigenvalue weighted by Crippen LogP contribution is -2.17. The van der Waals surface area contributed by atoms with Gasteiger partial charge in [-0.1, -0.05) is 0 Å². The molecule has 1 fully saturated rings. The van der Waals surface area contributed by atoms with Crippen molar-refractivity contribution < 1.29 is 9.53 Å². The van der Waals surface area contributed by atoms with Crippen LogP contribution in [0.15, 0.2) is 30.5 Å². The zero-order valence-corrected chi connectivity index (χ0v) is 13.3. The van der Waals surface area contributed by atoms with Crippen molar-refractivity contribution in [3.05, 3.63) is 47.5 Å². The molecule has 1 aromatic heterocycles. The number of nitrogens with one attached hydrogen (secondary N) is 2. The van der Waals surface area contributed by atoms with E-state index in [4.69, 9.17) is 4.74 Å². The van der Waals surface area contributed by atoms with Crippen molar-refractivity contribution in [1.29, 1.82) is 0 Å². The molecule has 3 rings (SSSR count). The lowest BCUT2D eigenvalue weighted by atomic mass is 10.1. The van der Waals surface area contributed by atoms with E-state index in [-0.39, 0.29) is 5.91 Å². The smallest absolute Gasteiger partial charge is 0.259 e. The number of anilines is 1. The fourth-order valence-corrected chi connectivity index (χ4v) is 2.65. The molecule has 1 aliphatic rings. The molecular weight excluding hydrogens is 292 g/mol. The van der Waals surface area contributed by atoms with Gasteiger partial charge >= 0.3 is 0 Å². The van der Waals surface area contributed by atoms with Crippen molar-refractivity contribution >= 4 is 11.6 Å². The highest BCUT2D eigenvalue weighted by molar-refractivity contribution is 6.04. The van der Waals surface area contributed by atoms with Crippen molar-refractivity contribution in [2.75, 3.05) is 25.5 Å². The van der Waals surface area contributed by atoms with Crippen molar-refractivity contribution in [2.24, 2.45) is 0 Å². The van der Waals surface area contributed by atoms with Gasteiger partial charge in [-0.2, -0.15) is 0 Å². The van der Waals surface area contributed by atoms with E-state index in [9.17, 15) is 4.79 Å². The molecular formula is C17H20N4O2. The van der Waals surface area contributed by atoms with Gasteiger partial charge in [0.05, 0.1) is 18.4 Å². The Balaban J connectivity index is 1.73. The Morgan fingerprint density at radius 3 is 2.74 bits per heavy atom. The quantitative estimate of drug-likeness (QED) is 0.904. The fraction of sp³-hybridized carbons (Fsp3) is 0.353. The first-order valence-electron chi connectivity index (χ1n) is 7.67. The first kappa shape index (κ1) is 15.4. The lowest BCUT2D eigenvalue weighted by Gasteiger charge is -2.11. The number of nitrogens with zero attached hydrogens (tertiary/aromatic N) is 2. The van der Waals surface area contributed by atoms with Gasteiger partial charge in [0.2, 0.25) is 0 Å². The summed E-state index contributed by atoms with van der Waals surface area (Å²) in [6, 6.07) is 7.20. The van der Waals surface area contributed by atoms with Gasteiger partial charge in [-0.15, -0.1) is 0 Å². The standard InChI is InChI=1S/C17H20N4O2/c1-11-15(10-19-16(20-11)12-7-8-18-9-12)17(22)21-13-3-5-14(23-2)6-4-13/h3-6,10,12,18H,7-9H2,1-2H3,(H,21,22)/t12-/m0/s1. The lowest BCUT2D eigenvalue weighted by molar-refractivity contribution is 0.102. The van der Waals surface area contributed by atoms with Gasteiger partial charge in [0.25, 0.3) is 5.91 Å². The number of ether oxygens (including phenoxy) is 1. The van der Waals surface area contributed by atoms with Gasteiger partial charge in [0.15, 0.2) is 0 Å². The molecule has 6 nitrogen and oxygen atoms in total. The minimum Gasteiger partial charge on any atom is -0.497 e. The first-order chi connectivity index (χ1) is 11.2. The summed E-state index contributed by atoms with van der Waals surface area (Å²) in [4.78, 5) is 21.3. The highest BCUT2D eigenvalue weighted by Gasteiger charge is 2.21. The second-order valence-electron chi connectivity index (χ2n) is 5.60. The molecule has 120 valence electrons. The van der Waals surface area contributed by atoms with Crippen LogP contribution >= 0.6 is 0 Å². The van der Waals surface area contributed by atoms with E-state index in [1.807, 2.05) is 6.92 Å². The van der Waals surface area contributed by atoms with E-state index in [2.05, 4.69) is 20.6 Å². The van der Waals surface area contributed by atoms with Crippen LogP contribution in [0, 0.1) is 6.92 Å². The largest absolute Gasteiger partial charge is 0.497 e. The highest BCUT2D eigenvalue weighted by Crippen LogP contribution is 2.20. The Hall–Kier alpha value is -2.47. The molecule has 23 heavy (non-hydrogen) atoms. The van der Waals surface area contributed by atoms with Crippen LogP contribution in [0.1, 0.15) is 34.2 Å². The van der Waals surface area contributed by atoms with E-state index < -0.39 is 0 Å². The van der Waals surface area contributed by atoms with E-state index in [0.717, 1.165) is 31.1 Å². The average Bonchev–Trinajstić information content (AvgIpc) is 3.10. The van der Waals surface area contributed by atoms with Gasteiger partial charge in [-0.3, -0.25) is 4.79 Å². The Bertz CT molecular complexity index is 694. The van der Waals surface area contributed by atoms with Crippen LogP contribution in [0.5, 0.6) is 5.75 Å². The minimum absolute atomic E-state index is 0.205. The number of amides is 1. The molecule has 1 aliphatic heterocycles. The Morgan fingerprint density at radius 2 is 2.13 bits per heavy atom. The molecule has 1 amide bonds. The monoisotopic (exact) mass is 312 g/mol. The van der Waals surface area contributed by atoms with Crippen LogP contribution in [0.3, 0.4) is 0 Å². The molecule has 0 spiro atoms. The molecule has 0 unspecified atom stereocenters. The fourth-order valence-electron chi connectivity index (χ4n) is 2.65. The van der Waals surface area contributed by atoms with Crippen molar-refractivity contribution in [1.82, 2.24) is 15.3 Å². The van der Waals surface area contributed by atoms with E-state index in [1.165, 1.54) is 0 Å². The summed E-state index contributed by atoms with van der Waals surface area (Å²) < 4.78 is 5.10. The van der Waals surface area contributed by atoms with Crippen LogP contribution in [-0.2, 0) is 0 Å². The summed E-state index contributed by atoms with van der Waals surface area (Å²) in [7, 11) is 1.61. The number of aryl methyl sites for hydroxylation is 1. The summed E-state index contributed by atoms with van der Waals surface area (Å²) >= 11 is 0. The molecule has 6 heteroatoms. The maximum absolute atomic E-state index is 12.4. The van der Waals surface area contributed by atoms with Crippen molar-refractivity contribution in [2.45, 2.75) is 19.3 Å². The molecule has 0 radical (unpaired) electrons. The summed E-state index contributed by atoms with van der Waals surface area (Å²) in [6.07, 6.45) is 2.66. The Labute approximate surface area is 135 Å². The van der Waals surface area contributed by atoms with E-state index >= 15 is 0 Å². The normalized spacial score (nSPS) is 17.0. The summed E-state index contributed by atoms with van der Waals surface area (Å²) in [5.41, 5.74) is 1.91. The molecule has 0 bridgehead atoms. The van der Waals surface area contributed by atoms with Crippen LogP contribution in [-0.4, -0.2) is 36.1 Å². The topological polar surface area (TPSA) is 76.1 Å². The minimum atomic E-state index is -0.205. The van der Waals surface area contributed by atoms with Crippen molar-refractivity contribution in [3.8, 4) is 5.75 Å². The van der Waals surface area contributed by atoms with E-state index in [1.54, 1.807) is 37.6 Å². The Morgan fingerprint density at radius 1 is 1.35 bits per heavy atom. The number of rotatable bonds is 4. The van der Waals surface area contributed by atoms with Gasteiger partial charge < -0.3 is 15.4 Å². The molecule has 2 aromatic rings. The predicted molar refractivity (Wildman–Crippen MR) is 87.9 cm³/mol. The number of methoxy groups -OCH3 is 1. The summed E-state index contributed by atoms with van der Waals surface area (Å²) in [5.74, 6) is 1.70. The molecule has 1 aromatic carbocycles. The van der Waals surface area contributed by atoms with Crippen LogP contribution < -0.4 is 15.4 Å². The van der Waals surface area contributed by atoms with Gasteiger partial charge in [-0.05, 0) is 44.2 Å². The number of aromatic nitrogens is 2.